The lowest BCUT2D eigenvalue weighted by Crippen LogP contribution is -2.41. The first-order valence-electron chi connectivity index (χ1n) is 5.95. The van der Waals surface area contributed by atoms with Crippen molar-refractivity contribution in [2.24, 2.45) is 0 Å². The molecule has 0 aliphatic heterocycles. The molecule has 1 heterocycles. The number of amides is 1. The number of aryl methyl sites for hydroxylation is 1. The molecule has 0 spiro atoms. The van der Waals surface area contributed by atoms with E-state index in [1.807, 2.05) is 27.0 Å². The minimum atomic E-state index is -0.445. The van der Waals surface area contributed by atoms with Crippen LogP contribution in [0.25, 0.3) is 0 Å². The van der Waals surface area contributed by atoms with Gasteiger partial charge in [-0.25, -0.2) is 4.79 Å². The van der Waals surface area contributed by atoms with E-state index in [0.717, 1.165) is 19.3 Å². The number of carbonyl (C=O) groups is 1. The summed E-state index contributed by atoms with van der Waals surface area (Å²) in [4.78, 5) is 11.6. The lowest BCUT2D eigenvalue weighted by molar-refractivity contribution is 0.0500. The number of aromatic amines is 1. The fourth-order valence-electron chi connectivity index (χ4n) is 2.01. The number of hydrogen-bond acceptors (Lipinski definition) is 3. The summed E-state index contributed by atoms with van der Waals surface area (Å²) in [5.41, 5.74) is 1.93. The van der Waals surface area contributed by atoms with Crippen LogP contribution in [0.5, 0.6) is 0 Å². The Labute approximate surface area is 101 Å². The van der Waals surface area contributed by atoms with Crippen molar-refractivity contribution < 1.29 is 9.53 Å². The predicted molar refractivity (Wildman–Crippen MR) is 63.8 cm³/mol. The number of carbonyl (C=O) groups excluding carboxylic acids is 1. The Bertz CT molecular complexity index is 406. The molecular weight excluding hydrogens is 218 g/mol. The molecule has 1 aromatic heterocycles. The molecule has 0 unspecified atom stereocenters. The Balaban J connectivity index is 1.88. The summed E-state index contributed by atoms with van der Waals surface area (Å²) in [6.45, 7) is 5.59. The summed E-state index contributed by atoms with van der Waals surface area (Å²) in [7, 11) is 0. The summed E-state index contributed by atoms with van der Waals surface area (Å²) in [6, 6.07) is 0.148. The topological polar surface area (TPSA) is 67.0 Å². The summed E-state index contributed by atoms with van der Waals surface area (Å²) in [5.74, 6) is 0. The molecule has 0 aromatic carbocycles. The SMILES string of the molecule is CC(C)(C)OC(=O)N[C@H]1CCc2[nH]ncc2C1. The van der Waals surface area contributed by atoms with Gasteiger partial charge in [-0.15, -0.1) is 0 Å². The maximum Gasteiger partial charge on any atom is 0.407 e. The summed E-state index contributed by atoms with van der Waals surface area (Å²) < 4.78 is 5.24. The van der Waals surface area contributed by atoms with Crippen molar-refractivity contribution in [2.45, 2.75) is 51.7 Å². The van der Waals surface area contributed by atoms with Gasteiger partial charge in [0.25, 0.3) is 0 Å². The van der Waals surface area contributed by atoms with Crippen LogP contribution < -0.4 is 5.32 Å². The Kier molecular flexibility index (Phi) is 3.09. The lowest BCUT2D eigenvalue weighted by Gasteiger charge is -2.25. The third kappa shape index (κ3) is 3.22. The molecule has 1 amide bonds. The van der Waals surface area contributed by atoms with Crippen LogP contribution in [-0.2, 0) is 17.6 Å². The Morgan fingerprint density at radius 2 is 2.35 bits per heavy atom. The van der Waals surface area contributed by atoms with Gasteiger partial charge in [0.05, 0.1) is 6.20 Å². The van der Waals surface area contributed by atoms with Crippen molar-refractivity contribution in [3.8, 4) is 0 Å². The number of rotatable bonds is 1. The van der Waals surface area contributed by atoms with Gasteiger partial charge in [0, 0.05) is 11.7 Å². The van der Waals surface area contributed by atoms with E-state index < -0.39 is 5.60 Å². The molecule has 0 saturated heterocycles. The molecule has 0 radical (unpaired) electrons. The van der Waals surface area contributed by atoms with E-state index >= 15 is 0 Å². The van der Waals surface area contributed by atoms with Crippen molar-refractivity contribution in [3.63, 3.8) is 0 Å². The standard InChI is InChI=1S/C12H19N3O2/c1-12(2,3)17-11(16)14-9-4-5-10-8(6-9)7-13-15-10/h7,9H,4-6H2,1-3H3,(H,13,15)(H,14,16)/t9-/m0/s1. The third-order valence-corrected chi connectivity index (χ3v) is 2.74. The molecule has 94 valence electrons. The van der Waals surface area contributed by atoms with Gasteiger partial charge in [-0.3, -0.25) is 5.10 Å². The van der Waals surface area contributed by atoms with E-state index in [1.54, 1.807) is 0 Å². The molecule has 1 aliphatic rings. The smallest absolute Gasteiger partial charge is 0.407 e. The van der Waals surface area contributed by atoms with E-state index in [-0.39, 0.29) is 12.1 Å². The number of nitrogens with zero attached hydrogens (tertiary/aromatic N) is 1. The molecule has 0 bridgehead atoms. The second-order valence-corrected chi connectivity index (χ2v) is 5.46. The van der Waals surface area contributed by atoms with E-state index in [4.69, 9.17) is 4.74 Å². The van der Waals surface area contributed by atoms with Crippen LogP contribution in [0, 0.1) is 0 Å². The number of aromatic nitrogens is 2. The zero-order chi connectivity index (χ0) is 12.5. The second-order valence-electron chi connectivity index (χ2n) is 5.46. The lowest BCUT2D eigenvalue weighted by atomic mass is 9.94. The van der Waals surface area contributed by atoms with Gasteiger partial charge in [-0.1, -0.05) is 0 Å². The van der Waals surface area contributed by atoms with Crippen molar-refractivity contribution in [2.75, 3.05) is 0 Å². The van der Waals surface area contributed by atoms with Gasteiger partial charge in [0.15, 0.2) is 0 Å². The van der Waals surface area contributed by atoms with Crippen LogP contribution in [0.4, 0.5) is 4.79 Å². The van der Waals surface area contributed by atoms with Gasteiger partial charge < -0.3 is 10.1 Å². The van der Waals surface area contributed by atoms with E-state index in [0.29, 0.717) is 0 Å². The van der Waals surface area contributed by atoms with Crippen LogP contribution in [0.2, 0.25) is 0 Å². The largest absolute Gasteiger partial charge is 0.444 e. The Morgan fingerprint density at radius 3 is 3.06 bits per heavy atom. The van der Waals surface area contributed by atoms with Crippen molar-refractivity contribution >= 4 is 6.09 Å². The molecule has 5 nitrogen and oxygen atoms in total. The van der Waals surface area contributed by atoms with Crippen LogP contribution in [0.3, 0.4) is 0 Å². The molecule has 5 heteroatoms. The van der Waals surface area contributed by atoms with Crippen LogP contribution in [0.15, 0.2) is 6.20 Å². The van der Waals surface area contributed by atoms with Gasteiger partial charge in [0.2, 0.25) is 0 Å². The number of H-pyrrole nitrogens is 1. The quantitative estimate of drug-likeness (QED) is 0.782. The molecule has 2 rings (SSSR count). The maximum atomic E-state index is 11.6. The van der Waals surface area contributed by atoms with Gasteiger partial charge in [0.1, 0.15) is 5.60 Å². The third-order valence-electron chi connectivity index (χ3n) is 2.74. The van der Waals surface area contributed by atoms with Crippen LogP contribution in [0.1, 0.15) is 38.4 Å². The first-order valence-corrected chi connectivity index (χ1v) is 5.95. The van der Waals surface area contributed by atoms with Gasteiger partial charge >= 0.3 is 6.09 Å². The zero-order valence-corrected chi connectivity index (χ0v) is 10.5. The van der Waals surface area contributed by atoms with Gasteiger partial charge in [-0.05, 0) is 45.6 Å². The minimum Gasteiger partial charge on any atom is -0.444 e. The zero-order valence-electron chi connectivity index (χ0n) is 10.5. The fraction of sp³-hybridized carbons (Fsp3) is 0.667. The van der Waals surface area contributed by atoms with Crippen molar-refractivity contribution in [3.05, 3.63) is 17.5 Å². The highest BCUT2D eigenvalue weighted by atomic mass is 16.6. The highest BCUT2D eigenvalue weighted by Gasteiger charge is 2.23. The van der Waals surface area contributed by atoms with Crippen LogP contribution in [-0.4, -0.2) is 27.9 Å². The monoisotopic (exact) mass is 237 g/mol. The van der Waals surface area contributed by atoms with Crippen molar-refractivity contribution in [1.29, 1.82) is 0 Å². The predicted octanol–water partition coefficient (Wildman–Crippen LogP) is 1.79. The summed E-state index contributed by atoms with van der Waals surface area (Å²) >= 11 is 0. The average molecular weight is 237 g/mol. The maximum absolute atomic E-state index is 11.6. The highest BCUT2D eigenvalue weighted by molar-refractivity contribution is 5.68. The summed E-state index contributed by atoms with van der Waals surface area (Å²) in [5, 5.41) is 9.89. The van der Waals surface area contributed by atoms with Crippen molar-refractivity contribution in [1.82, 2.24) is 15.5 Å². The van der Waals surface area contributed by atoms with Crippen LogP contribution >= 0.6 is 0 Å². The number of hydrogen-bond donors (Lipinski definition) is 2. The van der Waals surface area contributed by atoms with E-state index in [9.17, 15) is 4.79 Å². The van der Waals surface area contributed by atoms with Gasteiger partial charge in [-0.2, -0.15) is 5.10 Å². The Hall–Kier alpha value is -1.52. The highest BCUT2D eigenvalue weighted by Crippen LogP contribution is 2.19. The molecule has 1 atom stereocenters. The normalized spacial score (nSPS) is 19.6. The molecular formula is C12H19N3O2. The molecule has 1 aliphatic carbocycles. The molecule has 1 aromatic rings. The minimum absolute atomic E-state index is 0.148. The Morgan fingerprint density at radius 1 is 1.59 bits per heavy atom. The second kappa shape index (κ2) is 4.39. The summed E-state index contributed by atoms with van der Waals surface area (Å²) in [6.07, 6.45) is 4.17. The molecule has 0 fully saturated rings. The average Bonchev–Trinajstić information content (AvgIpc) is 2.61. The molecule has 2 N–H and O–H groups in total. The van der Waals surface area contributed by atoms with E-state index in [1.165, 1.54) is 11.3 Å². The fourth-order valence-corrected chi connectivity index (χ4v) is 2.01. The first kappa shape index (κ1) is 12.0. The number of nitrogens with one attached hydrogen (secondary N) is 2. The number of ether oxygens (including phenoxy) is 1. The number of alkyl carbamates (subject to hydrolysis) is 1. The molecule has 0 saturated carbocycles. The molecule has 17 heavy (non-hydrogen) atoms. The first-order chi connectivity index (χ1) is 7.94. The number of fused-ring (bicyclic) bond motifs is 1. The van der Waals surface area contributed by atoms with E-state index in [2.05, 4.69) is 15.5 Å².